The van der Waals surface area contributed by atoms with Crippen LogP contribution in [0.5, 0.6) is 0 Å². The third kappa shape index (κ3) is 4.30. The monoisotopic (exact) mass is 326 g/mol. The van der Waals surface area contributed by atoms with Gasteiger partial charge in [0.1, 0.15) is 0 Å². The molecular weight excluding hydrogens is 300 g/mol. The number of nitrogens with zero attached hydrogens (tertiary/aromatic N) is 1. The molecular formula is C16H26N2O3S. The van der Waals surface area contributed by atoms with Crippen LogP contribution in [-0.2, 0) is 14.8 Å². The molecule has 0 aliphatic rings. The van der Waals surface area contributed by atoms with Crippen LogP contribution in [0.1, 0.15) is 40.5 Å². The number of amides is 1. The van der Waals surface area contributed by atoms with E-state index in [1.807, 2.05) is 27.7 Å². The predicted molar refractivity (Wildman–Crippen MR) is 89.3 cm³/mol. The Morgan fingerprint density at radius 3 is 1.95 bits per heavy atom. The molecule has 0 atom stereocenters. The van der Waals surface area contributed by atoms with Crippen LogP contribution in [0.2, 0.25) is 0 Å². The Bertz CT molecular complexity index is 574. The van der Waals surface area contributed by atoms with Gasteiger partial charge in [-0.2, -0.15) is 4.31 Å². The van der Waals surface area contributed by atoms with Crippen molar-refractivity contribution in [1.29, 1.82) is 0 Å². The topological polar surface area (TPSA) is 66.5 Å². The summed E-state index contributed by atoms with van der Waals surface area (Å²) in [6, 6.07) is 6.35. The van der Waals surface area contributed by atoms with Crippen LogP contribution in [0, 0.1) is 5.92 Å². The first-order valence-corrected chi connectivity index (χ1v) is 9.25. The fourth-order valence-electron chi connectivity index (χ4n) is 2.33. The highest BCUT2D eigenvalue weighted by molar-refractivity contribution is 7.89. The minimum Gasteiger partial charge on any atom is -0.326 e. The van der Waals surface area contributed by atoms with Gasteiger partial charge in [-0.25, -0.2) is 8.42 Å². The number of hydrogen-bond acceptors (Lipinski definition) is 3. The minimum absolute atomic E-state index is 0.0147. The second-order valence-corrected chi connectivity index (χ2v) is 7.05. The number of hydrogen-bond donors (Lipinski definition) is 1. The standard InChI is InChI=1S/C16H26N2O3S/c1-5-13(6-2)16(19)17-14-9-11-15(12-10-14)22(20,21)18(7-3)8-4/h9-13H,5-8H2,1-4H3,(H,17,19). The fourth-order valence-corrected chi connectivity index (χ4v) is 3.78. The van der Waals surface area contributed by atoms with Gasteiger partial charge >= 0.3 is 0 Å². The van der Waals surface area contributed by atoms with Gasteiger partial charge in [0.05, 0.1) is 4.90 Å². The summed E-state index contributed by atoms with van der Waals surface area (Å²) in [6.07, 6.45) is 1.58. The zero-order valence-corrected chi connectivity index (χ0v) is 14.6. The molecule has 0 bridgehead atoms. The number of rotatable bonds is 8. The highest BCUT2D eigenvalue weighted by atomic mass is 32.2. The van der Waals surface area contributed by atoms with Gasteiger partial charge in [-0.1, -0.05) is 27.7 Å². The maximum absolute atomic E-state index is 12.4. The summed E-state index contributed by atoms with van der Waals surface area (Å²) >= 11 is 0. The van der Waals surface area contributed by atoms with Crippen LogP contribution in [0.25, 0.3) is 0 Å². The molecule has 0 unspecified atom stereocenters. The van der Waals surface area contributed by atoms with E-state index in [0.717, 1.165) is 12.8 Å². The molecule has 0 radical (unpaired) electrons. The largest absolute Gasteiger partial charge is 0.326 e. The van der Waals surface area contributed by atoms with Crippen molar-refractivity contribution in [3.8, 4) is 0 Å². The lowest BCUT2D eigenvalue weighted by Crippen LogP contribution is -2.30. The van der Waals surface area contributed by atoms with Gasteiger partial charge in [0.15, 0.2) is 0 Å². The zero-order chi connectivity index (χ0) is 16.8. The van der Waals surface area contributed by atoms with E-state index in [1.54, 1.807) is 12.1 Å². The number of anilines is 1. The van der Waals surface area contributed by atoms with Crippen LogP contribution < -0.4 is 5.32 Å². The van der Waals surface area contributed by atoms with E-state index in [4.69, 9.17) is 0 Å². The average Bonchev–Trinajstić information content (AvgIpc) is 2.50. The van der Waals surface area contributed by atoms with E-state index in [2.05, 4.69) is 5.32 Å². The highest BCUT2D eigenvalue weighted by Gasteiger charge is 2.21. The van der Waals surface area contributed by atoms with Crippen molar-refractivity contribution >= 4 is 21.6 Å². The Labute approximate surface area is 133 Å². The summed E-state index contributed by atoms with van der Waals surface area (Å²) in [5, 5.41) is 2.83. The first-order valence-electron chi connectivity index (χ1n) is 7.81. The Balaban J connectivity index is 2.89. The molecule has 0 fully saturated rings. The lowest BCUT2D eigenvalue weighted by molar-refractivity contribution is -0.120. The maximum atomic E-state index is 12.4. The summed E-state index contributed by atoms with van der Waals surface area (Å²) in [6.45, 7) is 8.45. The van der Waals surface area contributed by atoms with Gasteiger partial charge in [-0.3, -0.25) is 4.79 Å². The lowest BCUT2D eigenvalue weighted by Gasteiger charge is -2.18. The van der Waals surface area contributed by atoms with Crippen molar-refractivity contribution in [1.82, 2.24) is 4.31 Å². The van der Waals surface area contributed by atoms with Crippen molar-refractivity contribution in [2.75, 3.05) is 18.4 Å². The average molecular weight is 326 g/mol. The van der Waals surface area contributed by atoms with Crippen LogP contribution >= 0.6 is 0 Å². The molecule has 0 heterocycles. The lowest BCUT2D eigenvalue weighted by atomic mass is 10.0. The molecule has 0 aliphatic carbocycles. The molecule has 22 heavy (non-hydrogen) atoms. The molecule has 1 rings (SSSR count). The molecule has 1 N–H and O–H groups in total. The molecule has 124 valence electrons. The molecule has 1 aromatic carbocycles. The summed E-state index contributed by atoms with van der Waals surface area (Å²) in [4.78, 5) is 12.3. The second kappa shape index (κ2) is 8.29. The number of sulfonamides is 1. The number of nitrogens with one attached hydrogen (secondary N) is 1. The van der Waals surface area contributed by atoms with Crippen LogP contribution in [-0.4, -0.2) is 31.7 Å². The Morgan fingerprint density at radius 1 is 1.05 bits per heavy atom. The van der Waals surface area contributed by atoms with E-state index in [-0.39, 0.29) is 16.7 Å². The summed E-state index contributed by atoms with van der Waals surface area (Å²) < 4.78 is 26.1. The first-order chi connectivity index (χ1) is 10.4. The molecule has 0 aromatic heterocycles. The van der Waals surface area contributed by atoms with Gasteiger partial charge in [0.25, 0.3) is 0 Å². The van der Waals surface area contributed by atoms with E-state index >= 15 is 0 Å². The Kier molecular flexibility index (Phi) is 7.03. The second-order valence-electron chi connectivity index (χ2n) is 5.12. The molecule has 0 saturated heterocycles. The highest BCUT2D eigenvalue weighted by Crippen LogP contribution is 2.19. The van der Waals surface area contributed by atoms with Crippen LogP contribution in [0.4, 0.5) is 5.69 Å². The number of carbonyl (C=O) groups excluding carboxylic acids is 1. The predicted octanol–water partition coefficient (Wildman–Crippen LogP) is 3.09. The Morgan fingerprint density at radius 2 is 1.55 bits per heavy atom. The molecule has 0 spiro atoms. The minimum atomic E-state index is -3.45. The van der Waals surface area contributed by atoms with Crippen LogP contribution in [0.15, 0.2) is 29.2 Å². The van der Waals surface area contributed by atoms with Crippen LogP contribution in [0.3, 0.4) is 0 Å². The van der Waals surface area contributed by atoms with Gasteiger partial charge < -0.3 is 5.32 Å². The van der Waals surface area contributed by atoms with Gasteiger partial charge in [0, 0.05) is 24.7 Å². The zero-order valence-electron chi connectivity index (χ0n) is 13.8. The Hall–Kier alpha value is -1.40. The maximum Gasteiger partial charge on any atom is 0.243 e. The molecule has 6 heteroatoms. The smallest absolute Gasteiger partial charge is 0.243 e. The SMILES string of the molecule is CCC(CC)C(=O)Nc1ccc(S(=O)(=O)N(CC)CC)cc1. The third-order valence-electron chi connectivity index (χ3n) is 3.82. The van der Waals surface area contributed by atoms with Crippen molar-refractivity contribution in [3.63, 3.8) is 0 Å². The third-order valence-corrected chi connectivity index (χ3v) is 5.89. The van der Waals surface area contributed by atoms with E-state index in [9.17, 15) is 13.2 Å². The number of benzene rings is 1. The molecule has 0 saturated carbocycles. The van der Waals surface area contributed by atoms with E-state index in [1.165, 1.54) is 16.4 Å². The molecule has 1 amide bonds. The quantitative estimate of drug-likeness (QED) is 0.798. The summed E-state index contributed by atoms with van der Waals surface area (Å²) in [5.74, 6) is -0.0385. The first kappa shape index (κ1) is 18.6. The van der Waals surface area contributed by atoms with Crippen molar-refractivity contribution in [3.05, 3.63) is 24.3 Å². The normalized spacial score (nSPS) is 11.9. The van der Waals surface area contributed by atoms with Crippen molar-refractivity contribution in [2.45, 2.75) is 45.4 Å². The number of carbonyl (C=O) groups is 1. The molecule has 0 aliphatic heterocycles. The molecule has 5 nitrogen and oxygen atoms in total. The van der Waals surface area contributed by atoms with Gasteiger partial charge in [-0.15, -0.1) is 0 Å². The fraction of sp³-hybridized carbons (Fsp3) is 0.562. The van der Waals surface area contributed by atoms with Gasteiger partial charge in [0.2, 0.25) is 15.9 Å². The summed E-state index contributed by atoms with van der Waals surface area (Å²) in [7, 11) is -3.45. The van der Waals surface area contributed by atoms with Crippen molar-refractivity contribution in [2.24, 2.45) is 5.92 Å². The summed E-state index contributed by atoms with van der Waals surface area (Å²) in [5.41, 5.74) is 0.621. The van der Waals surface area contributed by atoms with E-state index < -0.39 is 10.0 Å². The van der Waals surface area contributed by atoms with E-state index in [0.29, 0.717) is 18.8 Å². The van der Waals surface area contributed by atoms with Gasteiger partial charge in [-0.05, 0) is 37.1 Å². The molecule has 1 aromatic rings. The van der Waals surface area contributed by atoms with Crippen molar-refractivity contribution < 1.29 is 13.2 Å².